The predicted octanol–water partition coefficient (Wildman–Crippen LogP) is 7.21. The van der Waals surface area contributed by atoms with Crippen LogP contribution in [0.1, 0.15) is 64.4 Å². The highest BCUT2D eigenvalue weighted by Crippen LogP contribution is 2.57. The van der Waals surface area contributed by atoms with Crippen molar-refractivity contribution in [2.24, 2.45) is 0 Å². The molecular formula is C26H36FO7PS. The summed E-state index contributed by atoms with van der Waals surface area (Å²) >= 11 is 0. The van der Waals surface area contributed by atoms with Gasteiger partial charge >= 0.3 is 7.60 Å². The van der Waals surface area contributed by atoms with Gasteiger partial charge < -0.3 is 13.8 Å². The summed E-state index contributed by atoms with van der Waals surface area (Å²) in [6.45, 7) is 3.44. The van der Waals surface area contributed by atoms with Crippen LogP contribution in [-0.4, -0.2) is 32.7 Å². The van der Waals surface area contributed by atoms with Gasteiger partial charge in [0.25, 0.3) is 10.1 Å². The third kappa shape index (κ3) is 8.38. The van der Waals surface area contributed by atoms with Crippen LogP contribution in [0.25, 0.3) is 0 Å². The number of rotatable bonds is 14. The molecule has 0 aromatic heterocycles. The fourth-order valence-corrected chi connectivity index (χ4v) is 8.88. The van der Waals surface area contributed by atoms with Gasteiger partial charge in [0, 0.05) is 0 Å². The van der Waals surface area contributed by atoms with Gasteiger partial charge in [0.1, 0.15) is 17.3 Å². The zero-order valence-electron chi connectivity index (χ0n) is 20.9. The maximum absolute atomic E-state index is 13.6. The molecule has 1 aliphatic carbocycles. The molecule has 0 radical (unpaired) electrons. The lowest BCUT2D eigenvalue weighted by Gasteiger charge is -2.28. The highest BCUT2D eigenvalue weighted by Gasteiger charge is 2.46. The first-order valence-corrected chi connectivity index (χ1v) is 15.7. The van der Waals surface area contributed by atoms with Crippen LogP contribution >= 0.6 is 7.60 Å². The summed E-state index contributed by atoms with van der Waals surface area (Å²) in [5.74, 6) is 0.747. The van der Waals surface area contributed by atoms with Gasteiger partial charge in [-0.15, -0.1) is 0 Å². The van der Waals surface area contributed by atoms with Crippen LogP contribution in [0.3, 0.4) is 0 Å². The Morgan fingerprint density at radius 1 is 0.972 bits per heavy atom. The summed E-state index contributed by atoms with van der Waals surface area (Å²) in [5.41, 5.74) is 0.918. The molecule has 1 unspecified atom stereocenters. The first kappa shape index (κ1) is 28.8. The molecule has 0 spiro atoms. The van der Waals surface area contributed by atoms with Gasteiger partial charge in [-0.3, -0.25) is 8.75 Å². The molecule has 1 fully saturated rings. The van der Waals surface area contributed by atoms with Gasteiger partial charge in [-0.2, -0.15) is 8.42 Å². The molecule has 1 atom stereocenters. The van der Waals surface area contributed by atoms with Crippen LogP contribution in [0.4, 0.5) is 4.39 Å². The van der Waals surface area contributed by atoms with Crippen molar-refractivity contribution in [3.8, 4) is 11.5 Å². The zero-order valence-corrected chi connectivity index (χ0v) is 22.6. The fourth-order valence-electron chi connectivity index (χ4n) is 4.32. The lowest BCUT2D eigenvalue weighted by molar-refractivity contribution is 0.158. The molecule has 10 heteroatoms. The lowest BCUT2D eigenvalue weighted by Crippen LogP contribution is -2.31. The average molecular weight is 543 g/mol. The molecule has 36 heavy (non-hydrogen) atoms. The fraction of sp³-hybridized carbons (Fsp3) is 0.538. The molecule has 0 bridgehead atoms. The van der Waals surface area contributed by atoms with E-state index in [0.29, 0.717) is 37.2 Å². The number of benzene rings is 2. The highest BCUT2D eigenvalue weighted by molar-refractivity contribution is 7.94. The normalized spacial score (nSPS) is 16.1. The van der Waals surface area contributed by atoms with E-state index in [0.717, 1.165) is 24.8 Å². The predicted molar refractivity (Wildman–Crippen MR) is 137 cm³/mol. The van der Waals surface area contributed by atoms with Gasteiger partial charge in [0.15, 0.2) is 4.99 Å². The third-order valence-electron chi connectivity index (χ3n) is 5.99. The third-order valence-corrected chi connectivity index (χ3v) is 11.2. The summed E-state index contributed by atoms with van der Waals surface area (Å²) in [5, 5.41) is 0. The van der Waals surface area contributed by atoms with E-state index < -0.39 is 28.8 Å². The second-order valence-electron chi connectivity index (χ2n) is 8.77. The Balaban J connectivity index is 1.71. The Morgan fingerprint density at radius 2 is 1.64 bits per heavy atom. The van der Waals surface area contributed by atoms with E-state index in [1.54, 1.807) is 32.0 Å². The maximum Gasteiger partial charge on any atom is 0.351 e. The van der Waals surface area contributed by atoms with E-state index >= 15 is 0 Å². The molecule has 0 aliphatic heterocycles. The molecule has 1 aliphatic rings. The number of hydrogen-bond donors (Lipinski definition) is 0. The van der Waals surface area contributed by atoms with Crippen molar-refractivity contribution in [3.05, 3.63) is 59.9 Å². The number of ether oxygens (including phenoxy) is 1. The molecule has 0 heterocycles. The summed E-state index contributed by atoms with van der Waals surface area (Å²) < 4.78 is 75.6. The minimum absolute atomic E-state index is 0.0649. The van der Waals surface area contributed by atoms with Crippen molar-refractivity contribution in [2.75, 3.05) is 13.2 Å². The molecule has 1 saturated carbocycles. The quantitative estimate of drug-likeness (QED) is 0.184. The first-order chi connectivity index (χ1) is 17.3. The van der Waals surface area contributed by atoms with Crippen molar-refractivity contribution in [1.82, 2.24) is 0 Å². The van der Waals surface area contributed by atoms with Crippen LogP contribution in [-0.2, 0) is 34.3 Å². The second kappa shape index (κ2) is 13.7. The summed E-state index contributed by atoms with van der Waals surface area (Å²) in [6, 6.07) is 13.1. The van der Waals surface area contributed by atoms with Gasteiger partial charge in [-0.1, -0.05) is 31.4 Å². The number of aryl methyl sites for hydroxylation is 1. The van der Waals surface area contributed by atoms with Crippen LogP contribution < -0.4 is 4.74 Å². The second-order valence-corrected chi connectivity index (χ2v) is 13.1. The van der Waals surface area contributed by atoms with E-state index in [4.69, 9.17) is 18.0 Å². The Labute approximate surface area is 214 Å². The Bertz CT molecular complexity index is 1090. The van der Waals surface area contributed by atoms with Gasteiger partial charge in [-0.05, 0) is 87.9 Å². The molecule has 0 amide bonds. The summed E-state index contributed by atoms with van der Waals surface area (Å²) in [4.78, 5) is -1.40. The Morgan fingerprint density at radius 3 is 2.28 bits per heavy atom. The number of hydrogen-bond acceptors (Lipinski definition) is 7. The molecule has 0 saturated heterocycles. The maximum atomic E-state index is 13.6. The van der Waals surface area contributed by atoms with Crippen LogP contribution in [0.15, 0.2) is 48.5 Å². The zero-order chi connectivity index (χ0) is 26.0. The van der Waals surface area contributed by atoms with Crippen molar-refractivity contribution < 1.29 is 35.3 Å². The highest BCUT2D eigenvalue weighted by atomic mass is 32.2. The van der Waals surface area contributed by atoms with Crippen molar-refractivity contribution >= 4 is 17.7 Å². The van der Waals surface area contributed by atoms with Crippen LogP contribution in [0.2, 0.25) is 0 Å². The van der Waals surface area contributed by atoms with E-state index in [-0.39, 0.29) is 25.5 Å². The van der Waals surface area contributed by atoms with Crippen LogP contribution in [0.5, 0.6) is 11.5 Å². The van der Waals surface area contributed by atoms with Crippen molar-refractivity contribution in [3.63, 3.8) is 0 Å². The summed E-state index contributed by atoms with van der Waals surface area (Å²) in [6.07, 6.45) is 4.82. The van der Waals surface area contributed by atoms with E-state index in [2.05, 4.69) is 0 Å². The molecule has 2 aromatic rings. The van der Waals surface area contributed by atoms with Crippen LogP contribution in [0, 0.1) is 5.82 Å². The van der Waals surface area contributed by atoms with E-state index in [9.17, 15) is 17.4 Å². The summed E-state index contributed by atoms with van der Waals surface area (Å²) in [7, 11) is -8.17. The molecule has 7 nitrogen and oxygen atoms in total. The van der Waals surface area contributed by atoms with E-state index in [1.165, 1.54) is 12.1 Å². The average Bonchev–Trinajstić information content (AvgIpc) is 2.84. The SMILES string of the molecule is CCOP(=O)(OCC)C(CCCc1cccc(Oc2ccc(F)cc2)c1)S(=O)(=O)OC1CCCCC1. The minimum atomic E-state index is -4.20. The smallest absolute Gasteiger partial charge is 0.351 e. The lowest BCUT2D eigenvalue weighted by atomic mass is 9.98. The molecule has 2 aromatic carbocycles. The number of halogens is 1. The molecule has 200 valence electrons. The van der Waals surface area contributed by atoms with E-state index in [1.807, 2.05) is 18.2 Å². The van der Waals surface area contributed by atoms with Gasteiger partial charge in [0.05, 0.1) is 19.3 Å². The van der Waals surface area contributed by atoms with Gasteiger partial charge in [0.2, 0.25) is 0 Å². The largest absolute Gasteiger partial charge is 0.457 e. The standard InChI is InChI=1S/C26H36FO7PS/c1-3-31-35(28,32-4-2)26(36(29,30)34-24-12-6-5-7-13-24)15-9-11-21-10-8-14-25(20-21)33-23-18-16-22(27)17-19-23/h8,10,14,16-20,24,26H,3-7,9,11-13,15H2,1-2H3. The van der Waals surface area contributed by atoms with Crippen molar-refractivity contribution in [1.29, 1.82) is 0 Å². The first-order valence-electron chi connectivity index (χ1n) is 12.6. The topological polar surface area (TPSA) is 88.1 Å². The minimum Gasteiger partial charge on any atom is -0.457 e. The Kier molecular flexibility index (Phi) is 10.9. The molecule has 3 rings (SSSR count). The Hall–Kier alpha value is -1.77. The van der Waals surface area contributed by atoms with Crippen molar-refractivity contribution in [2.45, 2.75) is 76.3 Å². The molecule has 0 N–H and O–H groups in total. The van der Waals surface area contributed by atoms with Gasteiger partial charge in [-0.25, -0.2) is 4.39 Å². The monoisotopic (exact) mass is 542 g/mol. The molecular weight excluding hydrogens is 506 g/mol.